The van der Waals surface area contributed by atoms with Gasteiger partial charge >= 0.3 is 5.69 Å². The normalized spacial score (nSPS) is 11.4. The molecule has 0 atom stereocenters. The Kier molecular flexibility index (Phi) is 5.09. The number of rotatable bonds is 6. The molecule has 0 unspecified atom stereocenters. The number of amides is 1. The molecule has 2 rings (SSSR count). The van der Waals surface area contributed by atoms with Gasteiger partial charge in [-0.2, -0.15) is 5.10 Å². The largest absolute Gasteiger partial charge is 0.350 e. The average molecular weight is 337 g/mol. The molecule has 0 radical (unpaired) electrons. The average Bonchev–Trinajstić information content (AvgIpc) is 3.11. The van der Waals surface area contributed by atoms with Crippen molar-refractivity contribution in [3.05, 3.63) is 38.6 Å². The van der Waals surface area contributed by atoms with Crippen LogP contribution in [0.2, 0.25) is 0 Å². The van der Waals surface area contributed by atoms with Gasteiger partial charge in [0, 0.05) is 23.8 Å². The fourth-order valence-corrected chi connectivity index (χ4v) is 2.74. The lowest BCUT2D eigenvalue weighted by Gasteiger charge is -2.14. The zero-order chi connectivity index (χ0) is 17.0. The summed E-state index contributed by atoms with van der Waals surface area (Å²) in [6, 6.07) is 0. The van der Waals surface area contributed by atoms with Crippen molar-refractivity contribution in [1.29, 1.82) is 0 Å². The topological polar surface area (TPSA) is 103 Å². The van der Waals surface area contributed by atoms with Gasteiger partial charge in [-0.1, -0.05) is 20.8 Å². The van der Waals surface area contributed by atoms with Crippen LogP contribution in [0, 0.1) is 10.1 Å². The number of aromatic nitrogens is 3. The lowest BCUT2D eigenvalue weighted by Crippen LogP contribution is -2.24. The molecule has 2 aromatic heterocycles. The van der Waals surface area contributed by atoms with Gasteiger partial charge in [-0.3, -0.25) is 19.6 Å². The first-order valence-corrected chi connectivity index (χ1v) is 8.02. The SMILES string of the molecule is CC(C)(C)c1csc(CNC(=O)CCn2cc([N+](=O)[O-])cn2)n1. The van der Waals surface area contributed by atoms with E-state index in [4.69, 9.17) is 0 Å². The maximum Gasteiger partial charge on any atom is 0.306 e. The number of carbonyl (C=O) groups excluding carboxylic acids is 1. The molecule has 0 bridgehead atoms. The van der Waals surface area contributed by atoms with Gasteiger partial charge in [-0.15, -0.1) is 11.3 Å². The highest BCUT2D eigenvalue weighted by atomic mass is 32.1. The second-order valence-electron chi connectivity index (χ2n) is 6.12. The zero-order valence-electron chi connectivity index (χ0n) is 13.3. The lowest BCUT2D eigenvalue weighted by atomic mass is 9.93. The summed E-state index contributed by atoms with van der Waals surface area (Å²) >= 11 is 1.52. The second-order valence-corrected chi connectivity index (χ2v) is 7.06. The van der Waals surface area contributed by atoms with Crippen molar-refractivity contribution in [3.63, 3.8) is 0 Å². The van der Waals surface area contributed by atoms with Gasteiger partial charge in [0.25, 0.3) is 0 Å². The van der Waals surface area contributed by atoms with Crippen LogP contribution in [0.15, 0.2) is 17.8 Å². The van der Waals surface area contributed by atoms with Crippen LogP contribution in [-0.2, 0) is 23.3 Å². The summed E-state index contributed by atoms with van der Waals surface area (Å²) in [5.41, 5.74) is 0.923. The number of carbonyl (C=O) groups is 1. The molecule has 0 fully saturated rings. The summed E-state index contributed by atoms with van der Waals surface area (Å²) < 4.78 is 1.39. The van der Waals surface area contributed by atoms with Gasteiger partial charge in [0.05, 0.1) is 17.2 Å². The van der Waals surface area contributed by atoms with Gasteiger partial charge in [0.15, 0.2) is 0 Å². The Hall–Kier alpha value is -2.29. The van der Waals surface area contributed by atoms with Crippen LogP contribution < -0.4 is 5.32 Å². The van der Waals surface area contributed by atoms with E-state index in [0.717, 1.165) is 10.7 Å². The number of aryl methyl sites for hydroxylation is 1. The second kappa shape index (κ2) is 6.86. The van der Waals surface area contributed by atoms with Crippen molar-refractivity contribution in [3.8, 4) is 0 Å². The van der Waals surface area contributed by atoms with Gasteiger partial charge in [0.2, 0.25) is 5.91 Å². The maximum atomic E-state index is 11.8. The van der Waals surface area contributed by atoms with E-state index in [1.807, 2.05) is 5.38 Å². The fourth-order valence-electron chi connectivity index (χ4n) is 1.78. The molecule has 0 aliphatic carbocycles. The monoisotopic (exact) mass is 337 g/mol. The number of nitro groups is 1. The molecule has 124 valence electrons. The molecule has 2 heterocycles. The summed E-state index contributed by atoms with van der Waals surface area (Å²) in [6.45, 7) is 6.96. The molecule has 2 aromatic rings. The molecule has 0 aliphatic heterocycles. The van der Waals surface area contributed by atoms with Gasteiger partial charge in [-0.25, -0.2) is 4.98 Å². The number of nitrogens with one attached hydrogen (secondary N) is 1. The quantitative estimate of drug-likeness (QED) is 0.643. The standard InChI is InChI=1S/C14H19N5O3S/c1-14(2,3)11-9-23-13(17-11)7-15-12(20)4-5-18-8-10(6-16-18)19(21)22/h6,8-9H,4-5,7H2,1-3H3,(H,15,20). The predicted octanol–water partition coefficient (Wildman–Crippen LogP) is 2.25. The van der Waals surface area contributed by atoms with Crippen molar-refractivity contribution in [2.75, 3.05) is 0 Å². The molecule has 1 N–H and O–H groups in total. The molecule has 0 spiro atoms. The van der Waals surface area contributed by atoms with Crippen molar-refractivity contribution in [2.24, 2.45) is 0 Å². The highest BCUT2D eigenvalue weighted by Gasteiger charge is 2.17. The first kappa shape index (κ1) is 17.1. The Balaban J connectivity index is 1.78. The molecule has 1 amide bonds. The summed E-state index contributed by atoms with van der Waals surface area (Å²) in [5, 5.41) is 20.1. The van der Waals surface area contributed by atoms with Crippen LogP contribution in [0.25, 0.3) is 0 Å². The minimum Gasteiger partial charge on any atom is -0.350 e. The molecular weight excluding hydrogens is 318 g/mol. The Bertz CT molecular complexity index is 701. The van der Waals surface area contributed by atoms with Gasteiger partial charge < -0.3 is 5.32 Å². The van der Waals surface area contributed by atoms with Crippen molar-refractivity contribution < 1.29 is 9.72 Å². The fraction of sp³-hybridized carbons (Fsp3) is 0.500. The number of hydrogen-bond acceptors (Lipinski definition) is 6. The lowest BCUT2D eigenvalue weighted by molar-refractivity contribution is -0.385. The van der Waals surface area contributed by atoms with Crippen molar-refractivity contribution in [1.82, 2.24) is 20.1 Å². The first-order chi connectivity index (χ1) is 10.8. The minimum absolute atomic E-state index is 0.00638. The highest BCUT2D eigenvalue weighted by Crippen LogP contribution is 2.23. The van der Waals surface area contributed by atoms with Gasteiger partial charge in [-0.05, 0) is 0 Å². The molecule has 0 saturated carbocycles. The molecule has 23 heavy (non-hydrogen) atoms. The van der Waals surface area contributed by atoms with E-state index in [-0.39, 0.29) is 23.4 Å². The Morgan fingerprint density at radius 3 is 2.78 bits per heavy atom. The Morgan fingerprint density at radius 2 is 2.22 bits per heavy atom. The smallest absolute Gasteiger partial charge is 0.306 e. The molecule has 0 aliphatic rings. The summed E-state index contributed by atoms with van der Waals surface area (Å²) in [7, 11) is 0. The van der Waals surface area contributed by atoms with Gasteiger partial charge in [0.1, 0.15) is 17.4 Å². The minimum atomic E-state index is -0.515. The van der Waals surface area contributed by atoms with Crippen LogP contribution in [0.1, 0.15) is 37.9 Å². The zero-order valence-corrected chi connectivity index (χ0v) is 14.1. The number of nitrogens with zero attached hydrogens (tertiary/aromatic N) is 4. The highest BCUT2D eigenvalue weighted by molar-refractivity contribution is 7.09. The molecule has 9 heteroatoms. The Labute approximate surface area is 137 Å². The third-order valence-electron chi connectivity index (χ3n) is 3.16. The van der Waals surface area contributed by atoms with E-state index in [1.165, 1.54) is 28.4 Å². The van der Waals surface area contributed by atoms with Crippen LogP contribution in [0.3, 0.4) is 0 Å². The van der Waals surface area contributed by atoms with Crippen LogP contribution in [-0.4, -0.2) is 25.6 Å². The predicted molar refractivity (Wildman–Crippen MR) is 86.2 cm³/mol. The molecular formula is C14H19N5O3S. The van der Waals surface area contributed by atoms with E-state index >= 15 is 0 Å². The number of hydrogen-bond donors (Lipinski definition) is 1. The summed E-state index contributed by atoms with van der Waals surface area (Å²) in [5.74, 6) is -0.143. The molecule has 0 aromatic carbocycles. The van der Waals surface area contributed by atoms with E-state index in [9.17, 15) is 14.9 Å². The number of thiazole rings is 1. The first-order valence-electron chi connectivity index (χ1n) is 7.14. The van der Waals surface area contributed by atoms with Crippen LogP contribution in [0.4, 0.5) is 5.69 Å². The van der Waals surface area contributed by atoms with Crippen molar-refractivity contribution in [2.45, 2.75) is 45.7 Å². The summed E-state index contributed by atoms with van der Waals surface area (Å²) in [4.78, 5) is 26.4. The summed E-state index contributed by atoms with van der Waals surface area (Å²) in [6.07, 6.45) is 2.68. The van der Waals surface area contributed by atoms with E-state index in [2.05, 4.69) is 36.2 Å². The van der Waals surface area contributed by atoms with Crippen molar-refractivity contribution >= 4 is 22.9 Å². The maximum absolute atomic E-state index is 11.8. The van der Waals surface area contributed by atoms with E-state index in [0.29, 0.717) is 13.1 Å². The molecule has 0 saturated heterocycles. The van der Waals surface area contributed by atoms with E-state index < -0.39 is 4.92 Å². The van der Waals surface area contributed by atoms with E-state index in [1.54, 1.807) is 0 Å². The third kappa shape index (κ3) is 4.85. The Morgan fingerprint density at radius 1 is 1.48 bits per heavy atom. The van der Waals surface area contributed by atoms with Crippen LogP contribution >= 0.6 is 11.3 Å². The van der Waals surface area contributed by atoms with Crippen LogP contribution in [0.5, 0.6) is 0 Å². The third-order valence-corrected chi connectivity index (χ3v) is 4.00. The molecule has 8 nitrogen and oxygen atoms in total.